The van der Waals surface area contributed by atoms with E-state index in [2.05, 4.69) is 31.2 Å². The number of oxime groups is 1. The summed E-state index contributed by atoms with van der Waals surface area (Å²) in [5.41, 5.74) is 5.46. The molecule has 0 aliphatic rings. The maximum atomic E-state index is 8.45. The van der Waals surface area contributed by atoms with Crippen LogP contribution < -0.4 is 11.1 Å². The topological polar surface area (TPSA) is 70.6 Å². The van der Waals surface area contributed by atoms with E-state index in [0.29, 0.717) is 24.3 Å². The van der Waals surface area contributed by atoms with Crippen molar-refractivity contribution in [2.45, 2.75) is 58.5 Å². The summed E-state index contributed by atoms with van der Waals surface area (Å²) in [5, 5.41) is 14.9. The summed E-state index contributed by atoms with van der Waals surface area (Å²) in [7, 11) is 0. The lowest BCUT2D eigenvalue weighted by molar-refractivity contribution is 0.314. The Kier molecular flexibility index (Phi) is 7.20. The molecular formula is C10H23N3O. The van der Waals surface area contributed by atoms with Gasteiger partial charge in [0.1, 0.15) is 5.84 Å². The number of nitrogens with two attached hydrogens (primary N) is 1. The van der Waals surface area contributed by atoms with Crippen LogP contribution in [-0.2, 0) is 0 Å². The fraction of sp³-hybridized carbons (Fsp3) is 0.900. The fourth-order valence-corrected chi connectivity index (χ4v) is 1.53. The van der Waals surface area contributed by atoms with Crippen molar-refractivity contribution in [2.24, 2.45) is 10.9 Å². The number of hydrogen-bond acceptors (Lipinski definition) is 3. The van der Waals surface area contributed by atoms with Crippen molar-refractivity contribution < 1.29 is 5.21 Å². The van der Waals surface area contributed by atoms with Gasteiger partial charge in [-0.25, -0.2) is 0 Å². The molecule has 0 fully saturated rings. The highest BCUT2D eigenvalue weighted by molar-refractivity contribution is 5.80. The summed E-state index contributed by atoms with van der Waals surface area (Å²) in [6.45, 7) is 6.43. The molecule has 0 bridgehead atoms. The van der Waals surface area contributed by atoms with Crippen LogP contribution in [0.3, 0.4) is 0 Å². The minimum atomic E-state index is 0.299. The minimum absolute atomic E-state index is 0.299. The van der Waals surface area contributed by atoms with Crippen LogP contribution in [-0.4, -0.2) is 23.1 Å². The second-order valence-electron chi connectivity index (χ2n) is 3.76. The van der Waals surface area contributed by atoms with Crippen molar-refractivity contribution in [3.05, 3.63) is 0 Å². The van der Waals surface area contributed by atoms with Gasteiger partial charge in [0.15, 0.2) is 0 Å². The van der Waals surface area contributed by atoms with E-state index in [4.69, 9.17) is 10.9 Å². The lowest BCUT2D eigenvalue weighted by Gasteiger charge is -2.21. The molecule has 0 saturated carbocycles. The predicted octanol–water partition coefficient (Wildman–Crippen LogP) is 1.68. The smallest absolute Gasteiger partial charge is 0.140 e. The molecule has 0 aromatic heterocycles. The van der Waals surface area contributed by atoms with Crippen LogP contribution >= 0.6 is 0 Å². The van der Waals surface area contributed by atoms with Crippen molar-refractivity contribution in [1.29, 1.82) is 0 Å². The van der Waals surface area contributed by atoms with Crippen LogP contribution in [0, 0.1) is 0 Å². The summed E-state index contributed by atoms with van der Waals surface area (Å²) in [5.74, 6) is 0.299. The number of hydrogen-bond donors (Lipinski definition) is 3. The van der Waals surface area contributed by atoms with Gasteiger partial charge in [-0.05, 0) is 19.8 Å². The molecule has 4 heteroatoms. The number of amidine groups is 1. The molecule has 0 radical (unpaired) electrons. The van der Waals surface area contributed by atoms with Crippen LogP contribution in [0.2, 0.25) is 0 Å². The lowest BCUT2D eigenvalue weighted by atomic mass is 10.1. The quantitative estimate of drug-likeness (QED) is 0.254. The van der Waals surface area contributed by atoms with Crippen molar-refractivity contribution in [3.8, 4) is 0 Å². The highest BCUT2D eigenvalue weighted by atomic mass is 16.4. The van der Waals surface area contributed by atoms with E-state index >= 15 is 0 Å². The van der Waals surface area contributed by atoms with Crippen LogP contribution in [0.25, 0.3) is 0 Å². The van der Waals surface area contributed by atoms with E-state index in [1.165, 1.54) is 6.42 Å². The Bertz CT molecular complexity index is 171. The van der Waals surface area contributed by atoms with E-state index in [-0.39, 0.29) is 0 Å². The molecule has 4 N–H and O–H groups in total. The summed E-state index contributed by atoms with van der Waals surface area (Å²) < 4.78 is 0. The third kappa shape index (κ3) is 5.80. The zero-order valence-electron chi connectivity index (χ0n) is 9.45. The first-order valence-corrected chi connectivity index (χ1v) is 5.36. The Hall–Kier alpha value is -0.770. The largest absolute Gasteiger partial charge is 0.409 e. The molecule has 0 aromatic carbocycles. The molecular weight excluding hydrogens is 178 g/mol. The monoisotopic (exact) mass is 201 g/mol. The van der Waals surface area contributed by atoms with E-state index in [9.17, 15) is 0 Å². The van der Waals surface area contributed by atoms with Gasteiger partial charge in [0.05, 0.1) is 0 Å². The summed E-state index contributed by atoms with van der Waals surface area (Å²) in [4.78, 5) is 0. The predicted molar refractivity (Wildman–Crippen MR) is 59.6 cm³/mol. The first kappa shape index (κ1) is 13.2. The molecule has 0 aliphatic carbocycles. The van der Waals surface area contributed by atoms with Crippen molar-refractivity contribution >= 4 is 5.84 Å². The van der Waals surface area contributed by atoms with E-state index in [1.807, 2.05) is 0 Å². The molecule has 84 valence electrons. The second-order valence-corrected chi connectivity index (χ2v) is 3.76. The lowest BCUT2D eigenvalue weighted by Crippen LogP contribution is -2.38. The molecule has 0 aliphatic heterocycles. The zero-order valence-corrected chi connectivity index (χ0v) is 9.45. The molecule has 2 atom stereocenters. The van der Waals surface area contributed by atoms with Gasteiger partial charge in [0, 0.05) is 18.5 Å². The molecule has 0 amide bonds. The standard InChI is InChI=1S/C10H23N3O/c1-4-6-8(3)12-9(5-2)7-10(11)13-14/h8-9,12,14H,4-7H2,1-3H3,(H2,11,13). The number of rotatable bonds is 7. The molecule has 2 unspecified atom stereocenters. The first-order valence-electron chi connectivity index (χ1n) is 5.36. The Morgan fingerprint density at radius 3 is 2.57 bits per heavy atom. The van der Waals surface area contributed by atoms with Crippen molar-refractivity contribution in [1.82, 2.24) is 5.32 Å². The molecule has 0 saturated heterocycles. The van der Waals surface area contributed by atoms with E-state index < -0.39 is 0 Å². The molecule has 0 rings (SSSR count). The summed E-state index contributed by atoms with van der Waals surface area (Å²) in [6, 6.07) is 0.809. The van der Waals surface area contributed by atoms with Crippen LogP contribution in [0.4, 0.5) is 0 Å². The Morgan fingerprint density at radius 2 is 2.14 bits per heavy atom. The van der Waals surface area contributed by atoms with Crippen LogP contribution in [0.1, 0.15) is 46.5 Å². The minimum Gasteiger partial charge on any atom is -0.409 e. The molecule has 0 aromatic rings. The number of nitrogens with zero attached hydrogens (tertiary/aromatic N) is 1. The van der Waals surface area contributed by atoms with Gasteiger partial charge in [-0.1, -0.05) is 25.4 Å². The van der Waals surface area contributed by atoms with Gasteiger partial charge in [-0.2, -0.15) is 0 Å². The normalized spacial score (nSPS) is 16.6. The Morgan fingerprint density at radius 1 is 1.50 bits per heavy atom. The average Bonchev–Trinajstić information content (AvgIpc) is 2.16. The van der Waals surface area contributed by atoms with Gasteiger partial charge >= 0.3 is 0 Å². The van der Waals surface area contributed by atoms with Gasteiger partial charge in [0.25, 0.3) is 0 Å². The van der Waals surface area contributed by atoms with Gasteiger partial charge < -0.3 is 16.3 Å². The van der Waals surface area contributed by atoms with Crippen LogP contribution in [0.15, 0.2) is 5.16 Å². The van der Waals surface area contributed by atoms with E-state index in [1.54, 1.807) is 0 Å². The fourth-order valence-electron chi connectivity index (χ4n) is 1.53. The maximum absolute atomic E-state index is 8.45. The number of nitrogens with one attached hydrogen (secondary N) is 1. The van der Waals surface area contributed by atoms with Crippen molar-refractivity contribution in [3.63, 3.8) is 0 Å². The molecule has 4 nitrogen and oxygen atoms in total. The second kappa shape index (κ2) is 7.62. The summed E-state index contributed by atoms with van der Waals surface area (Å²) >= 11 is 0. The zero-order chi connectivity index (χ0) is 11.0. The highest BCUT2D eigenvalue weighted by Crippen LogP contribution is 2.03. The van der Waals surface area contributed by atoms with Crippen molar-refractivity contribution in [2.75, 3.05) is 0 Å². The molecule has 14 heavy (non-hydrogen) atoms. The van der Waals surface area contributed by atoms with Crippen LogP contribution in [0.5, 0.6) is 0 Å². The van der Waals surface area contributed by atoms with Gasteiger partial charge in [-0.3, -0.25) is 0 Å². The third-order valence-electron chi connectivity index (χ3n) is 2.32. The van der Waals surface area contributed by atoms with E-state index in [0.717, 1.165) is 12.8 Å². The third-order valence-corrected chi connectivity index (χ3v) is 2.32. The highest BCUT2D eigenvalue weighted by Gasteiger charge is 2.11. The Labute approximate surface area is 86.6 Å². The molecule has 0 heterocycles. The Balaban J connectivity index is 3.89. The van der Waals surface area contributed by atoms with Gasteiger partial charge in [-0.15, -0.1) is 0 Å². The first-order chi connectivity index (χ1) is 6.63. The maximum Gasteiger partial charge on any atom is 0.140 e. The SMILES string of the molecule is CCCC(C)NC(CC)CC(N)=NO. The summed E-state index contributed by atoms with van der Waals surface area (Å²) in [6.07, 6.45) is 3.94. The average molecular weight is 201 g/mol. The molecule has 0 spiro atoms. The van der Waals surface area contributed by atoms with Gasteiger partial charge in [0.2, 0.25) is 0 Å².